The highest BCUT2D eigenvalue weighted by molar-refractivity contribution is 7.99. The van der Waals surface area contributed by atoms with Crippen molar-refractivity contribution in [3.8, 4) is 0 Å². The molecule has 0 spiro atoms. The summed E-state index contributed by atoms with van der Waals surface area (Å²) >= 11 is 2.02. The molecule has 0 aliphatic carbocycles. The van der Waals surface area contributed by atoms with Crippen molar-refractivity contribution in [1.29, 1.82) is 0 Å². The maximum atomic E-state index is 5.54. The van der Waals surface area contributed by atoms with Crippen LogP contribution in [0.4, 0.5) is 0 Å². The molecular formula is C13H18OS. The van der Waals surface area contributed by atoms with Crippen LogP contribution in [0.5, 0.6) is 0 Å². The van der Waals surface area contributed by atoms with Gasteiger partial charge in [-0.1, -0.05) is 37.3 Å². The lowest BCUT2D eigenvalue weighted by Gasteiger charge is -2.26. The topological polar surface area (TPSA) is 9.23 Å². The first-order chi connectivity index (χ1) is 7.21. The van der Waals surface area contributed by atoms with Gasteiger partial charge >= 0.3 is 0 Å². The summed E-state index contributed by atoms with van der Waals surface area (Å²) in [6.07, 6.45) is 0. The van der Waals surface area contributed by atoms with Gasteiger partial charge in [0.05, 0.1) is 13.2 Å². The van der Waals surface area contributed by atoms with Gasteiger partial charge < -0.3 is 4.74 Å². The summed E-state index contributed by atoms with van der Waals surface area (Å²) < 4.78 is 5.84. The second-order valence-electron chi connectivity index (χ2n) is 4.50. The lowest BCUT2D eigenvalue weighted by Crippen LogP contribution is -2.27. The normalized spacial score (nSPS) is 30.7. The van der Waals surface area contributed by atoms with Gasteiger partial charge in [0.15, 0.2) is 0 Å². The van der Waals surface area contributed by atoms with Crippen LogP contribution in [0.25, 0.3) is 0 Å². The molecule has 2 heteroatoms. The Kier molecular flexibility index (Phi) is 3.37. The van der Waals surface area contributed by atoms with Gasteiger partial charge in [-0.25, -0.2) is 0 Å². The van der Waals surface area contributed by atoms with Crippen LogP contribution in [0.2, 0.25) is 0 Å². The second kappa shape index (κ2) is 4.58. The minimum absolute atomic E-state index is 0.301. The Morgan fingerprint density at radius 3 is 2.73 bits per heavy atom. The lowest BCUT2D eigenvalue weighted by atomic mass is 10.00. The molecule has 1 aromatic carbocycles. The van der Waals surface area contributed by atoms with Crippen LogP contribution in [-0.4, -0.2) is 18.0 Å². The number of thioether (sulfide) groups is 1. The van der Waals surface area contributed by atoms with Gasteiger partial charge in [-0.2, -0.15) is 0 Å². The van der Waals surface area contributed by atoms with E-state index in [0.29, 0.717) is 10.7 Å². The largest absolute Gasteiger partial charge is 0.380 e. The molecule has 0 saturated carbocycles. The number of hydrogen-bond donors (Lipinski definition) is 0. The quantitative estimate of drug-likeness (QED) is 0.775. The van der Waals surface area contributed by atoms with Crippen LogP contribution in [0.3, 0.4) is 0 Å². The van der Waals surface area contributed by atoms with Crippen molar-refractivity contribution < 1.29 is 4.74 Å². The zero-order valence-corrected chi connectivity index (χ0v) is 10.2. The molecule has 2 rings (SSSR count). The molecule has 15 heavy (non-hydrogen) atoms. The lowest BCUT2D eigenvalue weighted by molar-refractivity contribution is 0.185. The van der Waals surface area contributed by atoms with E-state index in [9.17, 15) is 0 Å². The molecule has 0 unspecified atom stereocenters. The summed E-state index contributed by atoms with van der Waals surface area (Å²) in [5.74, 6) is 1.75. The monoisotopic (exact) mass is 222 g/mol. The van der Waals surface area contributed by atoms with Crippen LogP contribution >= 0.6 is 11.8 Å². The van der Waals surface area contributed by atoms with Crippen LogP contribution in [0, 0.1) is 5.92 Å². The van der Waals surface area contributed by atoms with Crippen LogP contribution in [-0.2, 0) is 10.5 Å². The molecule has 0 radical (unpaired) electrons. The molecule has 1 saturated heterocycles. The van der Waals surface area contributed by atoms with Crippen molar-refractivity contribution in [3.05, 3.63) is 35.9 Å². The Labute approximate surface area is 96.2 Å². The van der Waals surface area contributed by atoms with E-state index in [0.717, 1.165) is 19.0 Å². The highest BCUT2D eigenvalue weighted by atomic mass is 32.2. The van der Waals surface area contributed by atoms with Crippen LogP contribution in [0.1, 0.15) is 19.4 Å². The summed E-state index contributed by atoms with van der Waals surface area (Å²) in [6.45, 7) is 6.41. The Morgan fingerprint density at radius 1 is 1.40 bits per heavy atom. The Hall–Kier alpha value is -0.470. The fourth-order valence-electron chi connectivity index (χ4n) is 1.76. The third-order valence-corrected chi connectivity index (χ3v) is 4.87. The van der Waals surface area contributed by atoms with Crippen molar-refractivity contribution in [2.45, 2.75) is 24.3 Å². The Balaban J connectivity index is 1.93. The number of benzene rings is 1. The van der Waals surface area contributed by atoms with Gasteiger partial charge in [0, 0.05) is 10.5 Å². The van der Waals surface area contributed by atoms with Crippen molar-refractivity contribution in [2.24, 2.45) is 5.92 Å². The van der Waals surface area contributed by atoms with E-state index < -0.39 is 0 Å². The number of ether oxygens (including phenoxy) is 1. The van der Waals surface area contributed by atoms with Crippen LogP contribution in [0.15, 0.2) is 30.3 Å². The summed E-state index contributed by atoms with van der Waals surface area (Å²) in [5, 5.41) is 0. The molecule has 82 valence electrons. The van der Waals surface area contributed by atoms with E-state index >= 15 is 0 Å². The number of hydrogen-bond acceptors (Lipinski definition) is 2. The van der Waals surface area contributed by atoms with Crippen molar-refractivity contribution in [1.82, 2.24) is 0 Å². The van der Waals surface area contributed by atoms with E-state index in [1.807, 2.05) is 11.8 Å². The molecule has 0 N–H and O–H groups in total. The van der Waals surface area contributed by atoms with Crippen molar-refractivity contribution in [3.63, 3.8) is 0 Å². The van der Waals surface area contributed by atoms with Gasteiger partial charge in [-0.15, -0.1) is 11.8 Å². The van der Waals surface area contributed by atoms with Crippen molar-refractivity contribution >= 4 is 11.8 Å². The third-order valence-electron chi connectivity index (χ3n) is 3.21. The SMILES string of the molecule is C[C@@H]1COC[C@@]1(C)SCc1ccccc1. The maximum Gasteiger partial charge on any atom is 0.0614 e. The fourth-order valence-corrected chi connectivity index (χ4v) is 2.97. The minimum atomic E-state index is 0.301. The second-order valence-corrected chi connectivity index (χ2v) is 6.01. The van der Waals surface area contributed by atoms with E-state index in [1.54, 1.807) is 0 Å². The first kappa shape index (κ1) is 11.0. The molecular weight excluding hydrogens is 204 g/mol. The van der Waals surface area contributed by atoms with E-state index in [4.69, 9.17) is 4.74 Å². The zero-order valence-electron chi connectivity index (χ0n) is 9.40. The summed E-state index contributed by atoms with van der Waals surface area (Å²) in [4.78, 5) is 0. The molecule has 0 amide bonds. The van der Waals surface area contributed by atoms with Crippen LogP contribution < -0.4 is 0 Å². The first-order valence-corrected chi connectivity index (χ1v) is 6.45. The highest BCUT2D eigenvalue weighted by Gasteiger charge is 2.37. The van der Waals surface area contributed by atoms with Gasteiger partial charge in [-0.3, -0.25) is 0 Å². The highest BCUT2D eigenvalue weighted by Crippen LogP contribution is 2.39. The summed E-state index contributed by atoms with van der Waals surface area (Å²) in [5.41, 5.74) is 1.41. The molecule has 1 fully saturated rings. The smallest absolute Gasteiger partial charge is 0.0614 e. The Bertz CT molecular complexity index is 312. The molecule has 1 nitrogen and oxygen atoms in total. The van der Waals surface area contributed by atoms with Gasteiger partial charge in [0.1, 0.15) is 0 Å². The molecule has 1 heterocycles. The predicted molar refractivity (Wildman–Crippen MR) is 66.1 cm³/mol. The Morgan fingerprint density at radius 2 is 2.13 bits per heavy atom. The molecule has 1 aliphatic heterocycles. The molecule has 0 bridgehead atoms. The van der Waals surface area contributed by atoms with E-state index in [2.05, 4.69) is 44.2 Å². The zero-order chi connectivity index (χ0) is 10.7. The molecule has 1 aliphatic rings. The minimum Gasteiger partial charge on any atom is -0.380 e. The molecule has 0 aromatic heterocycles. The standard InChI is InChI=1S/C13H18OS/c1-11-8-14-10-13(11,2)15-9-12-6-4-3-5-7-12/h3-7,11H,8-10H2,1-2H3/t11-,13-/m1/s1. The molecule has 1 aromatic rings. The van der Waals surface area contributed by atoms with Gasteiger partial charge in [0.2, 0.25) is 0 Å². The van der Waals surface area contributed by atoms with Gasteiger partial charge in [-0.05, 0) is 18.4 Å². The molecule has 2 atom stereocenters. The number of rotatable bonds is 3. The first-order valence-electron chi connectivity index (χ1n) is 5.46. The van der Waals surface area contributed by atoms with Gasteiger partial charge in [0.25, 0.3) is 0 Å². The van der Waals surface area contributed by atoms with E-state index in [1.165, 1.54) is 5.56 Å². The van der Waals surface area contributed by atoms with Crippen molar-refractivity contribution in [2.75, 3.05) is 13.2 Å². The predicted octanol–water partition coefficient (Wildman–Crippen LogP) is 3.34. The average Bonchev–Trinajstić information content (AvgIpc) is 2.59. The summed E-state index contributed by atoms with van der Waals surface area (Å²) in [7, 11) is 0. The third kappa shape index (κ3) is 2.56. The average molecular weight is 222 g/mol. The maximum absolute atomic E-state index is 5.54. The fraction of sp³-hybridized carbons (Fsp3) is 0.538. The van der Waals surface area contributed by atoms with E-state index in [-0.39, 0.29) is 0 Å². The summed E-state index contributed by atoms with van der Waals surface area (Å²) in [6, 6.07) is 10.7.